The van der Waals surface area contributed by atoms with Crippen molar-refractivity contribution in [3.8, 4) is 5.75 Å². The van der Waals surface area contributed by atoms with Gasteiger partial charge in [0, 0.05) is 0 Å². The van der Waals surface area contributed by atoms with Crippen LogP contribution in [0.15, 0.2) is 24.3 Å². The molecule has 0 fully saturated rings. The van der Waals surface area contributed by atoms with E-state index in [0.29, 0.717) is 6.61 Å². The third kappa shape index (κ3) is 4.56. The molecule has 0 unspecified atom stereocenters. The van der Waals surface area contributed by atoms with Crippen molar-refractivity contribution in [2.75, 3.05) is 13.2 Å². The standard InChI is InChI=1S/C18H14F5NO4/c1-2-27-11-6-4-3-5-9(11)18(26)24-7-12(25)28-8-10-13(19)15(21)17(23)16(22)14(10)20/h3-6H,2,7-8H2,1H3,(H,24,26). The molecule has 0 saturated heterocycles. The third-order valence-electron chi connectivity index (χ3n) is 3.50. The number of esters is 1. The second-order valence-corrected chi connectivity index (χ2v) is 5.32. The van der Waals surface area contributed by atoms with Crippen LogP contribution >= 0.6 is 0 Å². The highest BCUT2D eigenvalue weighted by atomic mass is 19.2. The van der Waals surface area contributed by atoms with Crippen LogP contribution in [0.1, 0.15) is 22.8 Å². The fourth-order valence-corrected chi connectivity index (χ4v) is 2.16. The highest BCUT2D eigenvalue weighted by Gasteiger charge is 2.26. The fraction of sp³-hybridized carbons (Fsp3) is 0.222. The molecule has 0 radical (unpaired) electrons. The summed E-state index contributed by atoms with van der Waals surface area (Å²) in [5, 5.41) is 2.21. The number of carbonyl (C=O) groups excluding carboxylic acids is 2. The van der Waals surface area contributed by atoms with E-state index < -0.39 is 59.7 Å². The number of amides is 1. The quantitative estimate of drug-likeness (QED) is 0.334. The van der Waals surface area contributed by atoms with Gasteiger partial charge in [0.1, 0.15) is 18.9 Å². The molecule has 2 rings (SSSR count). The molecular formula is C18H14F5NO4. The van der Waals surface area contributed by atoms with Crippen molar-refractivity contribution in [2.24, 2.45) is 0 Å². The predicted molar refractivity (Wildman–Crippen MR) is 86.0 cm³/mol. The zero-order valence-corrected chi connectivity index (χ0v) is 14.5. The molecule has 0 spiro atoms. The molecule has 0 bridgehead atoms. The summed E-state index contributed by atoms with van der Waals surface area (Å²) in [5.41, 5.74) is -1.16. The topological polar surface area (TPSA) is 64.6 Å². The van der Waals surface area contributed by atoms with Gasteiger partial charge in [0.15, 0.2) is 23.3 Å². The van der Waals surface area contributed by atoms with Crippen LogP contribution in [0, 0.1) is 29.1 Å². The zero-order valence-electron chi connectivity index (χ0n) is 14.5. The highest BCUT2D eigenvalue weighted by molar-refractivity contribution is 5.98. The van der Waals surface area contributed by atoms with Crippen LogP contribution in [0.2, 0.25) is 0 Å². The maximum atomic E-state index is 13.5. The number of benzene rings is 2. The van der Waals surface area contributed by atoms with Gasteiger partial charge < -0.3 is 14.8 Å². The third-order valence-corrected chi connectivity index (χ3v) is 3.50. The van der Waals surface area contributed by atoms with Gasteiger partial charge in [-0.15, -0.1) is 0 Å². The number of carbonyl (C=O) groups is 2. The average Bonchev–Trinajstić information content (AvgIpc) is 2.69. The fourth-order valence-electron chi connectivity index (χ4n) is 2.16. The molecule has 0 aliphatic heterocycles. The number of hydrogen-bond donors (Lipinski definition) is 1. The van der Waals surface area contributed by atoms with Crippen molar-refractivity contribution in [1.82, 2.24) is 5.32 Å². The average molecular weight is 403 g/mol. The maximum absolute atomic E-state index is 13.5. The van der Waals surface area contributed by atoms with Gasteiger partial charge in [-0.1, -0.05) is 12.1 Å². The summed E-state index contributed by atoms with van der Waals surface area (Å²) in [6.45, 7) is 0.115. The Bertz CT molecular complexity index is 875. The molecule has 10 heteroatoms. The highest BCUT2D eigenvalue weighted by Crippen LogP contribution is 2.23. The predicted octanol–water partition coefficient (Wildman–Crippen LogP) is 3.25. The number of para-hydroxylation sites is 1. The summed E-state index contributed by atoms with van der Waals surface area (Å²) in [6.07, 6.45) is 0. The van der Waals surface area contributed by atoms with Crippen molar-refractivity contribution < 1.29 is 41.0 Å². The largest absolute Gasteiger partial charge is 0.493 e. The van der Waals surface area contributed by atoms with Gasteiger partial charge in [0.2, 0.25) is 5.82 Å². The number of nitrogens with one attached hydrogen (secondary N) is 1. The van der Waals surface area contributed by atoms with E-state index in [1.165, 1.54) is 6.07 Å². The van der Waals surface area contributed by atoms with E-state index in [4.69, 9.17) is 4.74 Å². The summed E-state index contributed by atoms with van der Waals surface area (Å²) < 4.78 is 75.9. The van der Waals surface area contributed by atoms with E-state index in [1.54, 1.807) is 25.1 Å². The van der Waals surface area contributed by atoms with Crippen LogP contribution in [0.3, 0.4) is 0 Å². The Kier molecular flexibility index (Phi) is 6.91. The maximum Gasteiger partial charge on any atom is 0.325 e. The molecule has 0 aliphatic rings. The van der Waals surface area contributed by atoms with E-state index in [1.807, 2.05) is 0 Å². The van der Waals surface area contributed by atoms with Crippen LogP contribution in [0.4, 0.5) is 22.0 Å². The van der Waals surface area contributed by atoms with E-state index in [-0.39, 0.29) is 11.3 Å². The van der Waals surface area contributed by atoms with Gasteiger partial charge in [0.05, 0.1) is 17.7 Å². The molecule has 0 saturated carbocycles. The summed E-state index contributed by atoms with van der Waals surface area (Å²) >= 11 is 0. The molecule has 2 aromatic rings. The summed E-state index contributed by atoms with van der Waals surface area (Å²) in [5.74, 6) is -12.4. The molecule has 0 atom stereocenters. The van der Waals surface area contributed by atoms with Crippen LogP contribution < -0.4 is 10.1 Å². The molecule has 150 valence electrons. The Balaban J connectivity index is 1.98. The Morgan fingerprint density at radius 3 is 2.11 bits per heavy atom. The minimum Gasteiger partial charge on any atom is -0.493 e. The Labute approximate surface area is 156 Å². The van der Waals surface area contributed by atoms with Crippen LogP contribution in [0.25, 0.3) is 0 Å². The lowest BCUT2D eigenvalue weighted by molar-refractivity contribution is -0.143. The second kappa shape index (κ2) is 9.16. The number of halogens is 5. The van der Waals surface area contributed by atoms with Crippen molar-refractivity contribution in [1.29, 1.82) is 0 Å². The molecular weight excluding hydrogens is 389 g/mol. The van der Waals surface area contributed by atoms with Crippen molar-refractivity contribution in [2.45, 2.75) is 13.5 Å². The SMILES string of the molecule is CCOc1ccccc1C(=O)NCC(=O)OCc1c(F)c(F)c(F)c(F)c1F. The lowest BCUT2D eigenvalue weighted by atomic mass is 10.2. The first kappa shape index (κ1) is 21.1. The molecule has 0 aliphatic carbocycles. The van der Waals surface area contributed by atoms with Crippen molar-refractivity contribution in [3.63, 3.8) is 0 Å². The first-order valence-corrected chi connectivity index (χ1v) is 7.93. The van der Waals surface area contributed by atoms with Gasteiger partial charge in [-0.3, -0.25) is 9.59 Å². The van der Waals surface area contributed by atoms with Crippen LogP contribution in [0.5, 0.6) is 5.75 Å². The van der Waals surface area contributed by atoms with E-state index in [0.717, 1.165) is 0 Å². The van der Waals surface area contributed by atoms with E-state index in [9.17, 15) is 31.5 Å². The van der Waals surface area contributed by atoms with Gasteiger partial charge in [-0.2, -0.15) is 0 Å². The summed E-state index contributed by atoms with van der Waals surface area (Å²) in [7, 11) is 0. The number of hydrogen-bond acceptors (Lipinski definition) is 4. The number of rotatable bonds is 7. The molecule has 1 N–H and O–H groups in total. The first-order valence-electron chi connectivity index (χ1n) is 7.93. The van der Waals surface area contributed by atoms with Crippen LogP contribution in [-0.2, 0) is 16.1 Å². The monoisotopic (exact) mass is 403 g/mol. The summed E-state index contributed by atoms with van der Waals surface area (Å²) in [4.78, 5) is 23.7. The van der Waals surface area contributed by atoms with Crippen molar-refractivity contribution >= 4 is 11.9 Å². The Morgan fingerprint density at radius 2 is 1.50 bits per heavy atom. The Morgan fingerprint density at radius 1 is 0.929 bits per heavy atom. The Hall–Kier alpha value is -3.17. The molecule has 1 amide bonds. The normalized spacial score (nSPS) is 10.5. The van der Waals surface area contributed by atoms with Gasteiger partial charge in [-0.25, -0.2) is 22.0 Å². The smallest absolute Gasteiger partial charge is 0.325 e. The summed E-state index contributed by atoms with van der Waals surface area (Å²) in [6, 6.07) is 6.19. The molecule has 28 heavy (non-hydrogen) atoms. The van der Waals surface area contributed by atoms with E-state index in [2.05, 4.69) is 10.1 Å². The van der Waals surface area contributed by atoms with Gasteiger partial charge in [0.25, 0.3) is 5.91 Å². The van der Waals surface area contributed by atoms with E-state index >= 15 is 0 Å². The van der Waals surface area contributed by atoms with Crippen molar-refractivity contribution in [3.05, 3.63) is 64.5 Å². The van der Waals surface area contributed by atoms with Crippen LogP contribution in [-0.4, -0.2) is 25.0 Å². The molecule has 5 nitrogen and oxygen atoms in total. The second-order valence-electron chi connectivity index (χ2n) is 5.32. The lowest BCUT2D eigenvalue weighted by Gasteiger charge is -2.11. The molecule has 0 heterocycles. The number of ether oxygens (including phenoxy) is 2. The lowest BCUT2D eigenvalue weighted by Crippen LogP contribution is -2.31. The van der Waals surface area contributed by atoms with Gasteiger partial charge in [-0.05, 0) is 19.1 Å². The first-order chi connectivity index (χ1) is 13.3. The zero-order chi connectivity index (χ0) is 20.8. The minimum absolute atomic E-state index is 0.136. The molecule has 2 aromatic carbocycles. The van der Waals surface area contributed by atoms with Gasteiger partial charge >= 0.3 is 5.97 Å². The molecule has 0 aromatic heterocycles. The minimum atomic E-state index is -2.31.